The number of nitrogens with one attached hydrogen (secondary N) is 5. The highest BCUT2D eigenvalue weighted by Gasteiger charge is 2.54. The van der Waals surface area contributed by atoms with Crippen LogP contribution in [-0.2, 0) is 53.7 Å². The maximum absolute atomic E-state index is 13.9. The Hall–Kier alpha value is -8.69. The van der Waals surface area contributed by atoms with Gasteiger partial charge in [-0.15, -0.1) is 0 Å². The van der Waals surface area contributed by atoms with Gasteiger partial charge in [-0.3, -0.25) is 28.8 Å². The first-order valence-corrected chi connectivity index (χ1v) is 27.1. The zero-order valence-corrected chi connectivity index (χ0v) is 44.8. The van der Waals surface area contributed by atoms with E-state index in [1.807, 2.05) is 61.5 Å². The summed E-state index contributed by atoms with van der Waals surface area (Å²) < 4.78 is 92.8. The molecule has 1 aliphatic carbocycles. The van der Waals surface area contributed by atoms with E-state index in [0.29, 0.717) is 69.4 Å². The summed E-state index contributed by atoms with van der Waals surface area (Å²) in [5.74, 6) is -6.90. The number of fused-ring (bicyclic) bond motifs is 7. The van der Waals surface area contributed by atoms with Crippen molar-refractivity contribution in [1.29, 1.82) is 0 Å². The topological polar surface area (TPSA) is 206 Å². The van der Waals surface area contributed by atoms with Crippen LogP contribution in [0.5, 0.6) is 11.5 Å². The van der Waals surface area contributed by atoms with E-state index >= 15 is 0 Å². The minimum atomic E-state index is -5.26. The van der Waals surface area contributed by atoms with Gasteiger partial charge in [-0.25, -0.2) is 4.79 Å². The molecule has 1 fully saturated rings. The Morgan fingerprint density at radius 2 is 1.30 bits per heavy atom. The molecule has 6 amide bonds. The van der Waals surface area contributed by atoms with Gasteiger partial charge in [-0.05, 0) is 124 Å². The Kier molecular flexibility index (Phi) is 17.1. The van der Waals surface area contributed by atoms with Gasteiger partial charge < -0.3 is 45.5 Å². The first kappa shape index (κ1) is 58.0. The highest BCUT2D eigenvalue weighted by atomic mass is 19.4. The zero-order chi connectivity index (χ0) is 58.5. The number of aromatic nitrogens is 1. The second kappa shape index (κ2) is 24.2. The van der Waals surface area contributed by atoms with E-state index in [1.54, 1.807) is 26.2 Å². The van der Waals surface area contributed by atoms with Crippen LogP contribution in [0.15, 0.2) is 109 Å². The van der Waals surface area contributed by atoms with Crippen LogP contribution in [-0.4, -0.2) is 84.0 Å². The largest absolute Gasteiger partial charge is 0.471 e. The summed E-state index contributed by atoms with van der Waals surface area (Å²) in [6, 6.07) is 28.5. The molecular weight excluding hydrogens is 1080 g/mol. The number of aryl methyl sites for hydroxylation is 1. The van der Waals surface area contributed by atoms with Crippen molar-refractivity contribution in [2.24, 2.45) is 5.92 Å². The van der Waals surface area contributed by atoms with Crippen LogP contribution in [0.3, 0.4) is 0 Å². The lowest BCUT2D eigenvalue weighted by Crippen LogP contribution is -2.42. The van der Waals surface area contributed by atoms with Crippen molar-refractivity contribution in [3.05, 3.63) is 148 Å². The van der Waals surface area contributed by atoms with Crippen molar-refractivity contribution in [2.45, 2.75) is 109 Å². The smallest absolute Gasteiger partial charge is 0.456 e. The van der Waals surface area contributed by atoms with Crippen molar-refractivity contribution in [3.63, 3.8) is 0 Å². The minimum Gasteiger partial charge on any atom is -0.456 e. The quantitative estimate of drug-likeness (QED) is 0.0297. The maximum atomic E-state index is 13.9. The van der Waals surface area contributed by atoms with E-state index in [-0.39, 0.29) is 93.7 Å². The lowest BCUT2D eigenvalue weighted by molar-refractivity contribution is -0.167. The number of halogens is 6. The number of amides is 6. The average Bonchev–Trinajstić information content (AvgIpc) is 2.34. The fourth-order valence-corrected chi connectivity index (χ4v) is 10.9. The summed E-state index contributed by atoms with van der Waals surface area (Å²) >= 11 is 0. The monoisotopic (exact) mass is 1140 g/mol. The molecule has 5 N–H and O–H groups in total. The molecule has 430 valence electrons. The molecule has 1 saturated carbocycles. The van der Waals surface area contributed by atoms with Crippen LogP contribution in [0.1, 0.15) is 114 Å². The fourth-order valence-electron chi connectivity index (χ4n) is 10.9. The van der Waals surface area contributed by atoms with Crippen molar-refractivity contribution in [3.8, 4) is 11.5 Å². The van der Waals surface area contributed by atoms with Crippen LogP contribution >= 0.6 is 0 Å². The molecule has 2 aliphatic heterocycles. The number of benzene rings is 5. The first-order valence-electron chi connectivity index (χ1n) is 27.1. The lowest BCUT2D eigenvalue weighted by atomic mass is 9.77. The van der Waals surface area contributed by atoms with Crippen LogP contribution in [0.25, 0.3) is 10.9 Å². The maximum Gasteiger partial charge on any atom is 0.471 e. The number of carbonyl (C=O) groups is 7. The second-order valence-electron chi connectivity index (χ2n) is 20.5. The molecular formula is C60H59F6N7O9. The number of alkyl halides is 6. The number of hydrogen-bond donors (Lipinski definition) is 5. The number of para-hydroxylation sites is 1. The molecule has 0 bridgehead atoms. The summed E-state index contributed by atoms with van der Waals surface area (Å²) in [7, 11) is 0. The molecule has 82 heavy (non-hydrogen) atoms. The number of rotatable bonds is 19. The first-order chi connectivity index (χ1) is 39.2. The molecule has 22 heteroatoms. The van der Waals surface area contributed by atoms with Gasteiger partial charge in [-0.2, -0.15) is 26.3 Å². The fraction of sp³-hybridized carbons (Fsp3) is 0.350. The molecule has 0 saturated heterocycles. The Morgan fingerprint density at radius 1 is 0.671 bits per heavy atom. The van der Waals surface area contributed by atoms with Crippen molar-refractivity contribution >= 4 is 69.4 Å². The lowest BCUT2D eigenvalue weighted by Gasteiger charge is -2.37. The summed E-state index contributed by atoms with van der Waals surface area (Å²) in [4.78, 5) is 93.1. The summed E-state index contributed by atoms with van der Waals surface area (Å²) in [5.41, 5.74) is 1.27. The molecule has 1 aromatic heterocycles. The molecule has 3 heterocycles. The van der Waals surface area contributed by atoms with E-state index < -0.39 is 35.7 Å². The van der Waals surface area contributed by atoms with E-state index in [4.69, 9.17) is 9.47 Å². The Labute approximate surface area is 467 Å². The predicted octanol–water partition coefficient (Wildman–Crippen LogP) is 10.2. The van der Waals surface area contributed by atoms with Crippen molar-refractivity contribution in [1.82, 2.24) is 20.5 Å². The van der Waals surface area contributed by atoms with E-state index in [1.165, 1.54) is 24.3 Å². The third-order valence-electron chi connectivity index (χ3n) is 15.0. The van der Waals surface area contributed by atoms with Gasteiger partial charge in [0.15, 0.2) is 5.60 Å². The Balaban J connectivity index is 0.738. The molecule has 1 spiro atoms. The number of carbonyl (C=O) groups excluding carboxylic acids is 7. The highest BCUT2D eigenvalue weighted by molar-refractivity contribution is 6.02. The van der Waals surface area contributed by atoms with Gasteiger partial charge in [0, 0.05) is 88.4 Å². The van der Waals surface area contributed by atoms with Crippen LogP contribution in [0.2, 0.25) is 0 Å². The average molecular weight is 1140 g/mol. The van der Waals surface area contributed by atoms with Gasteiger partial charge in [0.25, 0.3) is 5.91 Å². The molecule has 9 rings (SSSR count). The van der Waals surface area contributed by atoms with E-state index in [2.05, 4.69) is 22.9 Å². The SMILES string of the molecule is CCc1cccc(N(CC)C(=O)Cn2c(C(=O)N[C@H]3CC[C@H](C(=O)NCCCCCCNC(=O)Cc4ccc5c(c4)C4(OC5=O)c5ccc(NC(=O)C(F)(F)F)cc5Oc5cc(NC(=O)C(F)(F)F)ccc54)CC3)cc3ccccc32)c1. The molecule has 16 nitrogen and oxygen atoms in total. The van der Waals surface area contributed by atoms with E-state index in [9.17, 15) is 59.9 Å². The third-order valence-corrected chi connectivity index (χ3v) is 15.0. The molecule has 3 aliphatic rings. The van der Waals surface area contributed by atoms with Gasteiger partial charge in [0.2, 0.25) is 17.7 Å². The standard InChI is InChI=1S/C60H59F6N7O9/c1-3-35-12-11-14-42(28-35)72(4-2)52(75)34-73-47-15-8-7-13-38(47)31-48(73)54(77)69-39-19-17-37(18-20-39)53(76)68-27-10-6-5-9-26-67-51(74)30-36-16-23-43-46(29-36)58(82-55(43)78)44-24-21-40(70-56(79)59(61,62)63)32-49(44)81-50-33-41(22-25-45(50)58)71-57(80)60(64,65)66/h7-8,11-16,21-25,28-29,31-33,37,39H,3-6,9-10,17-20,26-27,30,34H2,1-2H3,(H,67,74)(H,68,76)(H,69,77)(H,70,79)(H,71,80)/t37-,39-. The Morgan fingerprint density at radius 3 is 1.93 bits per heavy atom. The summed E-state index contributed by atoms with van der Waals surface area (Å²) in [5, 5.41) is 13.4. The third kappa shape index (κ3) is 12.6. The number of esters is 1. The number of hydrogen-bond acceptors (Lipinski definition) is 9. The number of nitrogens with zero attached hydrogens (tertiary/aromatic N) is 2. The highest BCUT2D eigenvalue weighted by Crippen LogP contribution is 2.57. The molecule has 0 unspecified atom stereocenters. The van der Waals surface area contributed by atoms with E-state index in [0.717, 1.165) is 65.7 Å². The van der Waals surface area contributed by atoms with Gasteiger partial charge >= 0.3 is 30.1 Å². The molecule has 6 aromatic rings. The number of likely N-dealkylation sites (N-methyl/N-ethyl adjacent to an activating group) is 1. The van der Waals surface area contributed by atoms with Crippen LogP contribution in [0, 0.1) is 5.92 Å². The van der Waals surface area contributed by atoms with Gasteiger partial charge in [-0.1, -0.05) is 56.2 Å². The van der Waals surface area contributed by atoms with Crippen LogP contribution < -0.4 is 36.2 Å². The summed E-state index contributed by atoms with van der Waals surface area (Å²) in [6.45, 7) is 5.26. The Bertz CT molecular complexity index is 3380. The number of anilines is 3. The predicted molar refractivity (Wildman–Crippen MR) is 291 cm³/mol. The number of unbranched alkanes of at least 4 members (excludes halogenated alkanes) is 3. The van der Waals surface area contributed by atoms with Crippen molar-refractivity contribution in [2.75, 3.05) is 35.2 Å². The number of ether oxygens (including phenoxy) is 2. The molecule has 0 radical (unpaired) electrons. The van der Waals surface area contributed by atoms with Crippen molar-refractivity contribution < 1.29 is 69.4 Å². The normalized spacial score (nSPS) is 16.0. The molecule has 0 atom stereocenters. The minimum absolute atomic E-state index is 0.0159. The second-order valence-corrected chi connectivity index (χ2v) is 20.5. The molecule has 5 aromatic carbocycles. The van der Waals surface area contributed by atoms with Crippen LogP contribution in [0.4, 0.5) is 43.4 Å². The van der Waals surface area contributed by atoms with Gasteiger partial charge in [0.1, 0.15) is 23.7 Å². The van der Waals surface area contributed by atoms with Gasteiger partial charge in [0.05, 0.1) is 12.0 Å². The summed E-state index contributed by atoms with van der Waals surface area (Å²) in [6.07, 6.45) is -4.49. The zero-order valence-electron chi connectivity index (χ0n) is 44.8.